The van der Waals surface area contributed by atoms with E-state index in [1.807, 2.05) is 23.6 Å². The van der Waals surface area contributed by atoms with Crippen molar-refractivity contribution < 1.29 is 14.0 Å². The van der Waals surface area contributed by atoms with Crippen LogP contribution in [0, 0.1) is 13.8 Å². The molecule has 128 valence electrons. The second kappa shape index (κ2) is 7.36. The number of halogens is 1. The Morgan fingerprint density at radius 2 is 2.13 bits per heavy atom. The molecule has 0 aromatic carbocycles. The molecule has 1 aromatic rings. The molecule has 3 rings (SSSR count). The molecule has 1 unspecified atom stereocenters. The molecule has 1 atom stereocenters. The molecule has 0 radical (unpaired) electrons. The first kappa shape index (κ1) is 17.8. The van der Waals surface area contributed by atoms with Gasteiger partial charge in [-0.15, -0.1) is 12.4 Å². The van der Waals surface area contributed by atoms with Crippen LogP contribution >= 0.6 is 12.4 Å². The maximum Gasteiger partial charge on any atom is 0.257 e. The average Bonchev–Trinajstić information content (AvgIpc) is 2.86. The molecule has 2 aliphatic heterocycles. The van der Waals surface area contributed by atoms with E-state index >= 15 is 0 Å². The van der Waals surface area contributed by atoms with Gasteiger partial charge < -0.3 is 19.5 Å². The number of nitrogens with one attached hydrogen (secondary N) is 1. The maximum absolute atomic E-state index is 12.7. The van der Waals surface area contributed by atoms with Gasteiger partial charge in [-0.1, -0.05) is 0 Å². The van der Waals surface area contributed by atoms with Gasteiger partial charge >= 0.3 is 0 Å². The van der Waals surface area contributed by atoms with Gasteiger partial charge in [-0.05, 0) is 32.8 Å². The normalized spacial score (nSPS) is 22.0. The molecule has 0 bridgehead atoms. The number of carbonyl (C=O) groups excluding carboxylic acids is 2. The standard InChI is InChI=1S/C16H23N3O3.ClH/c1-11-8-14(12(2)22-11)16(21)18-6-3-4-13(10-18)19-7-5-17-9-15(19)20;/h8,13,17H,3-7,9-10H2,1-2H3;1H. The lowest BCUT2D eigenvalue weighted by atomic mass is 10.0. The van der Waals surface area contributed by atoms with E-state index in [0.29, 0.717) is 24.4 Å². The molecule has 2 fully saturated rings. The first-order valence-electron chi connectivity index (χ1n) is 7.93. The third kappa shape index (κ3) is 3.70. The topological polar surface area (TPSA) is 65.8 Å². The highest BCUT2D eigenvalue weighted by Crippen LogP contribution is 2.21. The minimum Gasteiger partial charge on any atom is -0.466 e. The second-order valence-corrected chi connectivity index (χ2v) is 6.14. The van der Waals surface area contributed by atoms with E-state index in [0.717, 1.165) is 38.2 Å². The van der Waals surface area contributed by atoms with Crippen molar-refractivity contribution >= 4 is 24.2 Å². The van der Waals surface area contributed by atoms with Crippen LogP contribution in [0.4, 0.5) is 0 Å². The molecule has 2 saturated heterocycles. The fourth-order valence-electron chi connectivity index (χ4n) is 3.41. The number of piperidine rings is 1. The molecule has 2 aliphatic rings. The summed E-state index contributed by atoms with van der Waals surface area (Å²) >= 11 is 0. The number of hydrogen-bond acceptors (Lipinski definition) is 4. The van der Waals surface area contributed by atoms with Gasteiger partial charge in [-0.3, -0.25) is 9.59 Å². The second-order valence-electron chi connectivity index (χ2n) is 6.14. The maximum atomic E-state index is 12.7. The van der Waals surface area contributed by atoms with Crippen molar-refractivity contribution in [3.05, 3.63) is 23.2 Å². The Hall–Kier alpha value is -1.53. The van der Waals surface area contributed by atoms with Crippen LogP contribution in [0.25, 0.3) is 0 Å². The number of furan rings is 1. The summed E-state index contributed by atoms with van der Waals surface area (Å²) in [6, 6.07) is 1.94. The van der Waals surface area contributed by atoms with Crippen LogP contribution in [-0.4, -0.2) is 60.4 Å². The van der Waals surface area contributed by atoms with Gasteiger partial charge in [0, 0.05) is 32.2 Å². The van der Waals surface area contributed by atoms with Gasteiger partial charge in [0.1, 0.15) is 11.5 Å². The lowest BCUT2D eigenvalue weighted by molar-refractivity contribution is -0.135. The molecule has 0 saturated carbocycles. The van der Waals surface area contributed by atoms with E-state index in [9.17, 15) is 9.59 Å². The van der Waals surface area contributed by atoms with Crippen LogP contribution in [0.1, 0.15) is 34.7 Å². The molecule has 6 nitrogen and oxygen atoms in total. The summed E-state index contributed by atoms with van der Waals surface area (Å²) in [6.45, 7) is 7.01. The summed E-state index contributed by atoms with van der Waals surface area (Å²) in [5, 5.41) is 3.09. The van der Waals surface area contributed by atoms with Crippen molar-refractivity contribution in [3.8, 4) is 0 Å². The van der Waals surface area contributed by atoms with Gasteiger partial charge in [0.05, 0.1) is 12.1 Å². The Labute approximate surface area is 142 Å². The number of piperazine rings is 1. The molecule has 3 heterocycles. The van der Waals surface area contributed by atoms with Crippen LogP contribution < -0.4 is 5.32 Å². The number of likely N-dealkylation sites (tertiary alicyclic amines) is 1. The van der Waals surface area contributed by atoms with E-state index in [1.54, 1.807) is 6.07 Å². The number of rotatable bonds is 2. The fourth-order valence-corrected chi connectivity index (χ4v) is 3.41. The summed E-state index contributed by atoms with van der Waals surface area (Å²) in [5.74, 6) is 1.58. The zero-order valence-corrected chi connectivity index (χ0v) is 14.4. The predicted octanol–water partition coefficient (Wildman–Crippen LogP) is 1.35. The van der Waals surface area contributed by atoms with E-state index in [4.69, 9.17) is 4.42 Å². The number of amides is 2. The number of carbonyl (C=O) groups is 2. The van der Waals surface area contributed by atoms with Crippen LogP contribution in [0.3, 0.4) is 0 Å². The largest absolute Gasteiger partial charge is 0.466 e. The van der Waals surface area contributed by atoms with E-state index < -0.39 is 0 Å². The Morgan fingerprint density at radius 1 is 1.35 bits per heavy atom. The highest BCUT2D eigenvalue weighted by molar-refractivity contribution is 5.95. The monoisotopic (exact) mass is 341 g/mol. The molecule has 1 aromatic heterocycles. The highest BCUT2D eigenvalue weighted by atomic mass is 35.5. The van der Waals surface area contributed by atoms with Gasteiger partial charge in [-0.25, -0.2) is 0 Å². The number of nitrogens with zero attached hydrogens (tertiary/aromatic N) is 2. The summed E-state index contributed by atoms with van der Waals surface area (Å²) in [6.07, 6.45) is 1.91. The summed E-state index contributed by atoms with van der Waals surface area (Å²) in [5.41, 5.74) is 0.643. The summed E-state index contributed by atoms with van der Waals surface area (Å²) in [4.78, 5) is 28.5. The molecule has 23 heavy (non-hydrogen) atoms. The predicted molar refractivity (Wildman–Crippen MR) is 88.9 cm³/mol. The lowest BCUT2D eigenvalue weighted by Gasteiger charge is -2.41. The van der Waals surface area contributed by atoms with Crippen molar-refractivity contribution in [2.75, 3.05) is 32.7 Å². The Kier molecular flexibility index (Phi) is 5.70. The Bertz CT molecular complexity index is 587. The first-order valence-corrected chi connectivity index (χ1v) is 7.93. The van der Waals surface area contributed by atoms with Crippen LogP contribution in [0.15, 0.2) is 10.5 Å². The zero-order valence-electron chi connectivity index (χ0n) is 13.6. The summed E-state index contributed by atoms with van der Waals surface area (Å²) in [7, 11) is 0. The number of hydrogen-bond donors (Lipinski definition) is 1. The summed E-state index contributed by atoms with van der Waals surface area (Å²) < 4.78 is 5.47. The minimum absolute atomic E-state index is 0. The van der Waals surface area contributed by atoms with E-state index in [2.05, 4.69) is 5.32 Å². The molecule has 2 amide bonds. The van der Waals surface area contributed by atoms with Gasteiger partial charge in [0.25, 0.3) is 5.91 Å². The molecular formula is C16H24ClN3O3. The van der Waals surface area contributed by atoms with Crippen molar-refractivity contribution in [2.45, 2.75) is 32.7 Å². The van der Waals surface area contributed by atoms with Gasteiger partial charge in [0.15, 0.2) is 0 Å². The zero-order chi connectivity index (χ0) is 15.7. The molecule has 1 N–H and O–H groups in total. The van der Waals surface area contributed by atoms with Crippen LogP contribution in [0.5, 0.6) is 0 Å². The first-order chi connectivity index (χ1) is 10.6. The highest BCUT2D eigenvalue weighted by Gasteiger charge is 2.32. The Balaban J connectivity index is 0.00000192. The van der Waals surface area contributed by atoms with E-state index in [1.165, 1.54) is 0 Å². The minimum atomic E-state index is 0. The number of aryl methyl sites for hydroxylation is 2. The third-order valence-corrected chi connectivity index (χ3v) is 4.52. The van der Waals surface area contributed by atoms with Crippen molar-refractivity contribution in [3.63, 3.8) is 0 Å². The van der Waals surface area contributed by atoms with E-state index in [-0.39, 0.29) is 30.3 Å². The third-order valence-electron chi connectivity index (χ3n) is 4.52. The van der Waals surface area contributed by atoms with Crippen LogP contribution in [0.2, 0.25) is 0 Å². The smallest absolute Gasteiger partial charge is 0.257 e. The SMILES string of the molecule is Cc1cc(C(=O)N2CCCC(N3CCNCC3=O)C2)c(C)o1.Cl. The van der Waals surface area contributed by atoms with Crippen molar-refractivity contribution in [2.24, 2.45) is 0 Å². The fraction of sp³-hybridized carbons (Fsp3) is 0.625. The average molecular weight is 342 g/mol. The van der Waals surface area contributed by atoms with Crippen molar-refractivity contribution in [1.82, 2.24) is 15.1 Å². The van der Waals surface area contributed by atoms with Crippen molar-refractivity contribution in [1.29, 1.82) is 0 Å². The molecule has 7 heteroatoms. The van der Waals surface area contributed by atoms with Gasteiger partial charge in [-0.2, -0.15) is 0 Å². The van der Waals surface area contributed by atoms with Gasteiger partial charge in [0.2, 0.25) is 5.91 Å². The molecule has 0 spiro atoms. The Morgan fingerprint density at radius 3 is 2.78 bits per heavy atom. The van der Waals surface area contributed by atoms with Crippen LogP contribution in [-0.2, 0) is 4.79 Å². The quantitative estimate of drug-likeness (QED) is 0.882. The molecular weight excluding hydrogens is 318 g/mol. The molecule has 0 aliphatic carbocycles. The lowest BCUT2D eigenvalue weighted by Crippen LogP contribution is -2.57.